The van der Waals surface area contributed by atoms with Crippen molar-refractivity contribution in [3.63, 3.8) is 0 Å². The Balaban J connectivity index is 2.12. The molecule has 0 aromatic rings. The lowest BCUT2D eigenvalue weighted by molar-refractivity contribution is -0.238. The van der Waals surface area contributed by atoms with Crippen molar-refractivity contribution in [2.45, 2.75) is 57.5 Å². The number of hydrogen-bond donors (Lipinski definition) is 2. The molecule has 0 radical (unpaired) electrons. The first kappa shape index (κ1) is 18.8. The average Bonchev–Trinajstić information content (AvgIpc) is 3.03. The molecule has 26 heavy (non-hydrogen) atoms. The minimum atomic E-state index is -1.37. The number of esters is 2. The van der Waals surface area contributed by atoms with Crippen LogP contribution < -0.4 is 0 Å². The first-order chi connectivity index (χ1) is 12.1. The van der Waals surface area contributed by atoms with Gasteiger partial charge in [0.05, 0.1) is 17.8 Å². The van der Waals surface area contributed by atoms with E-state index < -0.39 is 36.0 Å². The zero-order valence-corrected chi connectivity index (χ0v) is 15.2. The maximum absolute atomic E-state index is 12.2. The summed E-state index contributed by atoms with van der Waals surface area (Å²) in [6, 6.07) is 0. The third-order valence-corrected chi connectivity index (χ3v) is 5.28. The molecule has 3 aliphatic rings. The van der Waals surface area contributed by atoms with Crippen molar-refractivity contribution in [3.05, 3.63) is 35.1 Å². The van der Waals surface area contributed by atoms with Gasteiger partial charge in [0.25, 0.3) is 0 Å². The summed E-state index contributed by atoms with van der Waals surface area (Å²) in [6.07, 6.45) is 1.92. The number of aliphatic hydroxyl groups is 2. The highest BCUT2D eigenvalue weighted by Gasteiger charge is 2.52. The van der Waals surface area contributed by atoms with Gasteiger partial charge in [0, 0.05) is 23.5 Å². The molecule has 1 saturated heterocycles. The van der Waals surface area contributed by atoms with E-state index in [0.717, 1.165) is 0 Å². The molecule has 3 aliphatic heterocycles. The molecule has 7 nitrogen and oxygen atoms in total. The molecular formula is C19H24O7. The lowest BCUT2D eigenvalue weighted by Crippen LogP contribution is -2.40. The molecule has 0 aromatic heterocycles. The average molecular weight is 364 g/mol. The quantitative estimate of drug-likeness (QED) is 0.578. The zero-order chi connectivity index (χ0) is 19.3. The van der Waals surface area contributed by atoms with E-state index in [0.29, 0.717) is 18.4 Å². The van der Waals surface area contributed by atoms with E-state index in [4.69, 9.17) is 14.2 Å². The molecule has 2 N–H and O–H groups in total. The van der Waals surface area contributed by atoms with Crippen LogP contribution in [0, 0.1) is 5.92 Å². The summed E-state index contributed by atoms with van der Waals surface area (Å²) >= 11 is 0. The Kier molecular flexibility index (Phi) is 4.58. The van der Waals surface area contributed by atoms with E-state index in [1.54, 1.807) is 19.9 Å². The Morgan fingerprint density at radius 3 is 2.77 bits per heavy atom. The van der Waals surface area contributed by atoms with Crippen molar-refractivity contribution in [2.75, 3.05) is 6.61 Å². The molecule has 142 valence electrons. The summed E-state index contributed by atoms with van der Waals surface area (Å²) in [7, 11) is 0. The van der Waals surface area contributed by atoms with E-state index in [2.05, 4.69) is 6.58 Å². The fraction of sp³-hybridized carbons (Fsp3) is 0.579. The van der Waals surface area contributed by atoms with Crippen molar-refractivity contribution in [2.24, 2.45) is 5.92 Å². The molecule has 4 atom stereocenters. The first-order valence-corrected chi connectivity index (χ1v) is 8.67. The third kappa shape index (κ3) is 3.11. The Morgan fingerprint density at radius 1 is 1.46 bits per heavy atom. The van der Waals surface area contributed by atoms with Gasteiger partial charge < -0.3 is 24.4 Å². The van der Waals surface area contributed by atoms with Crippen molar-refractivity contribution in [1.82, 2.24) is 0 Å². The molecule has 2 bridgehead atoms. The molecule has 1 fully saturated rings. The van der Waals surface area contributed by atoms with Crippen LogP contribution in [-0.4, -0.2) is 46.3 Å². The molecule has 0 amide bonds. The number of hydrogen-bond acceptors (Lipinski definition) is 7. The second kappa shape index (κ2) is 6.33. The van der Waals surface area contributed by atoms with E-state index in [9.17, 15) is 19.8 Å². The first-order valence-electron chi connectivity index (χ1n) is 8.67. The van der Waals surface area contributed by atoms with Gasteiger partial charge in [-0.1, -0.05) is 13.5 Å². The van der Waals surface area contributed by atoms with Crippen molar-refractivity contribution in [1.29, 1.82) is 0 Å². The van der Waals surface area contributed by atoms with Crippen LogP contribution in [0.4, 0.5) is 0 Å². The number of rotatable bonds is 3. The minimum absolute atomic E-state index is 0.0522. The Bertz CT molecular complexity index is 734. The Morgan fingerprint density at radius 2 is 2.15 bits per heavy atom. The van der Waals surface area contributed by atoms with Crippen LogP contribution in [0.5, 0.6) is 0 Å². The van der Waals surface area contributed by atoms with Crippen LogP contribution in [0.15, 0.2) is 35.1 Å². The summed E-state index contributed by atoms with van der Waals surface area (Å²) < 4.78 is 16.8. The number of fused-ring (bicyclic) bond motifs is 3. The van der Waals surface area contributed by atoms with Gasteiger partial charge >= 0.3 is 11.9 Å². The standard InChI is InChI=1S/C19H24O7/c1-10(2)16(21)24-13-7-11(3)19(23)6-5-18(4,26-19)8-14-15(13)12(9-20)17(22)25-14/h8,11,13,20,23H,1,5-7,9H2,2-4H3/b14-8+/t11-,13-,18-,19+/m0/s1. The number of ether oxygens (including phenoxy) is 3. The second-order valence-corrected chi connectivity index (χ2v) is 7.52. The third-order valence-electron chi connectivity index (χ3n) is 5.28. The SMILES string of the molecule is C=C(C)C(=O)O[C@H]1C[C@H](C)[C@@]2(O)CC[C@@](C)(/C=C3/OC(=O)C(CO)=C31)O2. The van der Waals surface area contributed by atoms with Crippen LogP contribution in [0.1, 0.15) is 40.0 Å². The monoisotopic (exact) mass is 364 g/mol. The van der Waals surface area contributed by atoms with Gasteiger partial charge in [-0.2, -0.15) is 0 Å². The van der Waals surface area contributed by atoms with Crippen LogP contribution in [-0.2, 0) is 23.8 Å². The molecule has 0 unspecified atom stereocenters. The molecule has 3 rings (SSSR count). The smallest absolute Gasteiger partial charge is 0.342 e. The predicted octanol–water partition coefficient (Wildman–Crippen LogP) is 1.50. The van der Waals surface area contributed by atoms with E-state index in [1.165, 1.54) is 6.92 Å². The normalized spacial score (nSPS) is 38.5. The summed E-state index contributed by atoms with van der Waals surface area (Å²) in [5, 5.41) is 20.6. The second-order valence-electron chi connectivity index (χ2n) is 7.52. The number of aliphatic hydroxyl groups excluding tert-OH is 1. The Hall–Kier alpha value is -1.96. The van der Waals surface area contributed by atoms with Crippen LogP contribution in [0.3, 0.4) is 0 Å². The predicted molar refractivity (Wildman–Crippen MR) is 90.4 cm³/mol. The van der Waals surface area contributed by atoms with Crippen molar-refractivity contribution in [3.8, 4) is 0 Å². The van der Waals surface area contributed by atoms with Gasteiger partial charge in [0.2, 0.25) is 0 Å². The van der Waals surface area contributed by atoms with E-state index in [1.807, 2.05) is 0 Å². The molecule has 0 saturated carbocycles. The van der Waals surface area contributed by atoms with Gasteiger partial charge in [0.15, 0.2) is 5.79 Å². The summed E-state index contributed by atoms with van der Waals surface area (Å²) in [5.41, 5.74) is -0.235. The van der Waals surface area contributed by atoms with Gasteiger partial charge in [0.1, 0.15) is 11.9 Å². The van der Waals surface area contributed by atoms with Gasteiger partial charge in [-0.15, -0.1) is 0 Å². The molecule has 0 aliphatic carbocycles. The maximum atomic E-state index is 12.2. The highest BCUT2D eigenvalue weighted by Crippen LogP contribution is 2.47. The molecule has 7 heteroatoms. The maximum Gasteiger partial charge on any atom is 0.342 e. The van der Waals surface area contributed by atoms with Crippen LogP contribution >= 0.6 is 0 Å². The molecule has 0 aromatic carbocycles. The zero-order valence-electron chi connectivity index (χ0n) is 15.2. The van der Waals surface area contributed by atoms with Crippen LogP contribution in [0.25, 0.3) is 0 Å². The van der Waals surface area contributed by atoms with Crippen molar-refractivity contribution < 1.29 is 34.0 Å². The largest absolute Gasteiger partial charge is 0.454 e. The van der Waals surface area contributed by atoms with Gasteiger partial charge in [-0.05, 0) is 32.8 Å². The van der Waals surface area contributed by atoms with E-state index in [-0.39, 0.29) is 29.2 Å². The topological polar surface area (TPSA) is 102 Å². The van der Waals surface area contributed by atoms with Gasteiger partial charge in [-0.3, -0.25) is 0 Å². The minimum Gasteiger partial charge on any atom is -0.454 e. The lowest BCUT2D eigenvalue weighted by Gasteiger charge is -2.33. The van der Waals surface area contributed by atoms with Crippen molar-refractivity contribution >= 4 is 11.9 Å². The summed E-state index contributed by atoms with van der Waals surface area (Å²) in [5.74, 6) is -2.84. The molecule has 0 spiro atoms. The molecule has 3 heterocycles. The highest BCUT2D eigenvalue weighted by molar-refractivity contribution is 5.95. The Labute approximate surface area is 151 Å². The highest BCUT2D eigenvalue weighted by atomic mass is 16.6. The summed E-state index contributed by atoms with van der Waals surface area (Å²) in [6.45, 7) is 8.16. The lowest BCUT2D eigenvalue weighted by atomic mass is 9.86. The van der Waals surface area contributed by atoms with E-state index >= 15 is 0 Å². The summed E-state index contributed by atoms with van der Waals surface area (Å²) in [4.78, 5) is 24.3. The van der Waals surface area contributed by atoms with Crippen LogP contribution in [0.2, 0.25) is 0 Å². The fourth-order valence-corrected chi connectivity index (χ4v) is 3.70. The number of carbonyl (C=O) groups excluding carboxylic acids is 2. The molecular weight excluding hydrogens is 340 g/mol. The van der Waals surface area contributed by atoms with Gasteiger partial charge in [-0.25, -0.2) is 9.59 Å². The fourth-order valence-electron chi connectivity index (χ4n) is 3.70. The number of carbonyl (C=O) groups is 2.